The normalized spacial score (nSPS) is 11.6. The fourth-order valence-corrected chi connectivity index (χ4v) is 2.86. The van der Waals surface area contributed by atoms with E-state index in [1.54, 1.807) is 48.5 Å². The molecule has 0 aliphatic rings. The lowest BCUT2D eigenvalue weighted by Crippen LogP contribution is -2.48. The Hall–Kier alpha value is -3.34. The van der Waals surface area contributed by atoms with Gasteiger partial charge in [0.25, 0.3) is 5.91 Å². The summed E-state index contributed by atoms with van der Waals surface area (Å²) in [6, 6.07) is 21.5. The van der Waals surface area contributed by atoms with Gasteiger partial charge in [0, 0.05) is 19.0 Å². The molecular weight excluding hydrogens is 340 g/mol. The molecule has 0 radical (unpaired) electrons. The van der Waals surface area contributed by atoms with E-state index in [0.29, 0.717) is 24.3 Å². The van der Waals surface area contributed by atoms with E-state index in [1.807, 2.05) is 42.5 Å². The fraction of sp³-hybridized carbons (Fsp3) is 0.182. The molecule has 5 heteroatoms. The standard InChI is InChI=1S/C22H22N2O3/c1-24(16-19-13-8-14-27-19)22(26)20(15-17-9-4-2-5-10-17)23-21(25)18-11-6-3-7-12-18/h2-14,20H,15-16H2,1H3,(H,23,25). The highest BCUT2D eigenvalue weighted by molar-refractivity contribution is 5.97. The zero-order valence-corrected chi connectivity index (χ0v) is 15.2. The summed E-state index contributed by atoms with van der Waals surface area (Å²) in [5, 5.41) is 2.88. The van der Waals surface area contributed by atoms with Gasteiger partial charge in [0.2, 0.25) is 5.91 Å². The van der Waals surface area contributed by atoms with Gasteiger partial charge >= 0.3 is 0 Å². The Labute approximate surface area is 158 Å². The molecule has 0 aliphatic heterocycles. The van der Waals surface area contributed by atoms with Gasteiger partial charge in [-0.1, -0.05) is 48.5 Å². The maximum atomic E-state index is 13.0. The van der Waals surface area contributed by atoms with Crippen LogP contribution in [0.1, 0.15) is 21.7 Å². The smallest absolute Gasteiger partial charge is 0.251 e. The van der Waals surface area contributed by atoms with Crippen LogP contribution in [0.4, 0.5) is 0 Å². The van der Waals surface area contributed by atoms with E-state index in [-0.39, 0.29) is 11.8 Å². The number of furan rings is 1. The summed E-state index contributed by atoms with van der Waals surface area (Å²) in [7, 11) is 1.71. The maximum absolute atomic E-state index is 13.0. The van der Waals surface area contributed by atoms with Crippen molar-refractivity contribution in [3.8, 4) is 0 Å². The zero-order chi connectivity index (χ0) is 19.1. The molecule has 0 bridgehead atoms. The molecular formula is C22H22N2O3. The van der Waals surface area contributed by atoms with E-state index in [9.17, 15) is 9.59 Å². The number of likely N-dealkylation sites (N-methyl/N-ethyl adjacent to an activating group) is 1. The van der Waals surface area contributed by atoms with E-state index in [4.69, 9.17) is 4.42 Å². The van der Waals surface area contributed by atoms with Crippen LogP contribution < -0.4 is 5.32 Å². The molecule has 1 atom stereocenters. The molecule has 5 nitrogen and oxygen atoms in total. The number of rotatable bonds is 7. The van der Waals surface area contributed by atoms with Gasteiger partial charge in [0.1, 0.15) is 11.8 Å². The van der Waals surface area contributed by atoms with Crippen LogP contribution in [-0.4, -0.2) is 29.8 Å². The van der Waals surface area contributed by atoms with Gasteiger partial charge in [0.15, 0.2) is 0 Å². The van der Waals surface area contributed by atoms with Crippen molar-refractivity contribution in [1.29, 1.82) is 0 Å². The largest absolute Gasteiger partial charge is 0.467 e. The number of carbonyl (C=O) groups is 2. The average Bonchev–Trinajstić information content (AvgIpc) is 3.21. The second kappa shape index (κ2) is 8.85. The highest BCUT2D eigenvalue weighted by Gasteiger charge is 2.25. The molecule has 1 aromatic heterocycles. The number of benzene rings is 2. The Morgan fingerprint density at radius 3 is 2.26 bits per heavy atom. The molecule has 0 spiro atoms. The van der Waals surface area contributed by atoms with Gasteiger partial charge in [-0.3, -0.25) is 9.59 Å². The van der Waals surface area contributed by atoms with Crippen LogP contribution >= 0.6 is 0 Å². The van der Waals surface area contributed by atoms with Gasteiger partial charge in [-0.15, -0.1) is 0 Å². The van der Waals surface area contributed by atoms with Gasteiger partial charge in [0.05, 0.1) is 12.8 Å². The summed E-state index contributed by atoms with van der Waals surface area (Å²) in [5.74, 6) is 0.259. The molecule has 1 unspecified atom stereocenters. The molecule has 0 aliphatic carbocycles. The maximum Gasteiger partial charge on any atom is 0.251 e. The monoisotopic (exact) mass is 362 g/mol. The molecule has 0 saturated heterocycles. The van der Waals surface area contributed by atoms with E-state index in [1.165, 1.54) is 0 Å². The number of nitrogens with zero attached hydrogens (tertiary/aromatic N) is 1. The number of carbonyl (C=O) groups excluding carboxylic acids is 2. The SMILES string of the molecule is CN(Cc1ccco1)C(=O)C(Cc1ccccc1)NC(=O)c1ccccc1. The summed E-state index contributed by atoms with van der Waals surface area (Å²) in [4.78, 5) is 27.2. The lowest BCUT2D eigenvalue weighted by atomic mass is 10.0. The Morgan fingerprint density at radius 1 is 0.963 bits per heavy atom. The molecule has 3 rings (SSSR count). The minimum atomic E-state index is -0.667. The molecule has 1 N–H and O–H groups in total. The highest BCUT2D eigenvalue weighted by Crippen LogP contribution is 2.10. The second-order valence-corrected chi connectivity index (χ2v) is 6.36. The fourth-order valence-electron chi connectivity index (χ4n) is 2.86. The first-order valence-electron chi connectivity index (χ1n) is 8.80. The molecule has 27 heavy (non-hydrogen) atoms. The summed E-state index contributed by atoms with van der Waals surface area (Å²) < 4.78 is 5.32. The van der Waals surface area contributed by atoms with Crippen molar-refractivity contribution in [1.82, 2.24) is 10.2 Å². The van der Waals surface area contributed by atoms with Crippen molar-refractivity contribution in [2.24, 2.45) is 0 Å². The number of hydrogen-bond donors (Lipinski definition) is 1. The Kier molecular flexibility index (Phi) is 6.05. The predicted molar refractivity (Wildman–Crippen MR) is 103 cm³/mol. The lowest BCUT2D eigenvalue weighted by Gasteiger charge is -2.24. The van der Waals surface area contributed by atoms with Crippen LogP contribution in [0, 0.1) is 0 Å². The third-order valence-electron chi connectivity index (χ3n) is 4.27. The minimum Gasteiger partial charge on any atom is -0.467 e. The van der Waals surface area contributed by atoms with Crippen molar-refractivity contribution >= 4 is 11.8 Å². The third kappa shape index (κ3) is 5.07. The van der Waals surface area contributed by atoms with E-state index in [2.05, 4.69) is 5.32 Å². The molecule has 2 aromatic carbocycles. The van der Waals surface area contributed by atoms with E-state index in [0.717, 1.165) is 5.56 Å². The molecule has 3 aromatic rings. The first-order chi connectivity index (χ1) is 13.1. The predicted octanol–water partition coefficient (Wildman–Crippen LogP) is 3.28. The molecule has 0 saturated carbocycles. The third-order valence-corrected chi connectivity index (χ3v) is 4.27. The number of nitrogens with one attached hydrogen (secondary N) is 1. The summed E-state index contributed by atoms with van der Waals surface area (Å²) in [6.45, 7) is 0.346. The topological polar surface area (TPSA) is 62.6 Å². The first-order valence-corrected chi connectivity index (χ1v) is 8.80. The molecule has 0 fully saturated rings. The van der Waals surface area contributed by atoms with Crippen molar-refractivity contribution < 1.29 is 14.0 Å². The van der Waals surface area contributed by atoms with Crippen LogP contribution in [0.2, 0.25) is 0 Å². The van der Waals surface area contributed by atoms with Gasteiger partial charge in [-0.25, -0.2) is 0 Å². The quantitative estimate of drug-likeness (QED) is 0.702. The highest BCUT2D eigenvalue weighted by atomic mass is 16.3. The van der Waals surface area contributed by atoms with Crippen LogP contribution in [0.15, 0.2) is 83.5 Å². The van der Waals surface area contributed by atoms with Crippen LogP contribution in [0.3, 0.4) is 0 Å². The van der Waals surface area contributed by atoms with Crippen LogP contribution in [-0.2, 0) is 17.8 Å². The van der Waals surface area contributed by atoms with Crippen molar-refractivity contribution in [3.63, 3.8) is 0 Å². The van der Waals surface area contributed by atoms with Crippen molar-refractivity contribution in [3.05, 3.63) is 95.9 Å². The van der Waals surface area contributed by atoms with Crippen molar-refractivity contribution in [2.75, 3.05) is 7.05 Å². The molecule has 2 amide bonds. The molecule has 1 heterocycles. The summed E-state index contributed by atoms with van der Waals surface area (Å²) in [5.41, 5.74) is 1.51. The van der Waals surface area contributed by atoms with Gasteiger partial charge in [-0.2, -0.15) is 0 Å². The summed E-state index contributed by atoms with van der Waals surface area (Å²) in [6.07, 6.45) is 1.99. The minimum absolute atomic E-state index is 0.167. The molecule has 138 valence electrons. The lowest BCUT2D eigenvalue weighted by molar-refractivity contribution is -0.132. The van der Waals surface area contributed by atoms with E-state index < -0.39 is 6.04 Å². The van der Waals surface area contributed by atoms with Crippen LogP contribution in [0.5, 0.6) is 0 Å². The second-order valence-electron chi connectivity index (χ2n) is 6.36. The number of amides is 2. The summed E-state index contributed by atoms with van der Waals surface area (Å²) >= 11 is 0. The average molecular weight is 362 g/mol. The zero-order valence-electron chi connectivity index (χ0n) is 15.2. The first kappa shape index (κ1) is 18.5. The number of hydrogen-bond acceptors (Lipinski definition) is 3. The van der Waals surface area contributed by atoms with Gasteiger partial charge < -0.3 is 14.6 Å². The Balaban J connectivity index is 1.76. The van der Waals surface area contributed by atoms with E-state index >= 15 is 0 Å². The van der Waals surface area contributed by atoms with Crippen LogP contribution in [0.25, 0.3) is 0 Å². The van der Waals surface area contributed by atoms with Gasteiger partial charge in [-0.05, 0) is 29.8 Å². The Morgan fingerprint density at radius 2 is 1.63 bits per heavy atom. The van der Waals surface area contributed by atoms with Crippen molar-refractivity contribution in [2.45, 2.75) is 19.0 Å². The Bertz CT molecular complexity index is 861.